The van der Waals surface area contributed by atoms with Crippen molar-refractivity contribution in [3.63, 3.8) is 0 Å². The molecule has 0 bridgehead atoms. The first-order valence-electron chi connectivity index (χ1n) is 9.02. The van der Waals surface area contributed by atoms with Crippen LogP contribution in [0.4, 0.5) is 5.69 Å². The Morgan fingerprint density at radius 3 is 2.30 bits per heavy atom. The lowest BCUT2D eigenvalue weighted by atomic mass is 10.1. The summed E-state index contributed by atoms with van der Waals surface area (Å²) in [6.07, 6.45) is 0.979. The number of aryl methyl sites for hydroxylation is 1. The van der Waals surface area contributed by atoms with Crippen LogP contribution in [0.15, 0.2) is 76.5 Å². The van der Waals surface area contributed by atoms with Crippen LogP contribution in [0.25, 0.3) is 22.2 Å². The molecule has 9 heteroatoms. The molecular weight excluding hydrogens is 422 g/mol. The predicted molar refractivity (Wildman–Crippen MR) is 117 cm³/mol. The van der Waals surface area contributed by atoms with Crippen LogP contribution in [0, 0.1) is 6.92 Å². The number of aromatic nitrogens is 2. The van der Waals surface area contributed by atoms with E-state index >= 15 is 0 Å². The third-order valence-corrected chi connectivity index (χ3v) is 7.37. The van der Waals surface area contributed by atoms with Gasteiger partial charge in [0, 0.05) is 22.9 Å². The molecule has 4 aromatic rings. The lowest BCUT2D eigenvalue weighted by Crippen LogP contribution is -2.16. The average molecular weight is 442 g/mol. The van der Waals surface area contributed by atoms with Crippen molar-refractivity contribution in [1.82, 2.24) is 10.2 Å². The van der Waals surface area contributed by atoms with Crippen molar-refractivity contribution in [2.75, 3.05) is 11.0 Å². The summed E-state index contributed by atoms with van der Waals surface area (Å²) in [6, 6.07) is 18.4. The Hall–Kier alpha value is -3.17. The first kappa shape index (κ1) is 20.1. The third kappa shape index (κ3) is 3.81. The van der Waals surface area contributed by atoms with E-state index in [9.17, 15) is 16.8 Å². The first-order chi connectivity index (χ1) is 14.1. The van der Waals surface area contributed by atoms with E-state index in [-0.39, 0.29) is 9.79 Å². The van der Waals surface area contributed by atoms with E-state index in [2.05, 4.69) is 14.9 Å². The van der Waals surface area contributed by atoms with Gasteiger partial charge in [0.2, 0.25) is 0 Å². The van der Waals surface area contributed by atoms with Crippen molar-refractivity contribution < 1.29 is 16.8 Å². The van der Waals surface area contributed by atoms with Gasteiger partial charge in [0.25, 0.3) is 10.0 Å². The molecule has 2 N–H and O–H groups in total. The molecule has 0 aliphatic rings. The zero-order valence-electron chi connectivity index (χ0n) is 16.2. The molecule has 0 radical (unpaired) electrons. The molecule has 0 unspecified atom stereocenters. The zero-order valence-corrected chi connectivity index (χ0v) is 17.9. The van der Waals surface area contributed by atoms with E-state index in [1.807, 2.05) is 31.2 Å². The molecular formula is C21H19N3O4S2. The number of fused-ring (bicyclic) bond motifs is 1. The molecule has 0 amide bonds. The number of sulfonamides is 1. The van der Waals surface area contributed by atoms with Gasteiger partial charge in [-0.05, 0) is 43.3 Å². The largest absolute Gasteiger partial charge is 0.280 e. The quantitative estimate of drug-likeness (QED) is 0.490. The van der Waals surface area contributed by atoms with E-state index in [0.29, 0.717) is 11.4 Å². The van der Waals surface area contributed by atoms with Gasteiger partial charge in [-0.3, -0.25) is 9.82 Å². The summed E-state index contributed by atoms with van der Waals surface area (Å²) in [5.74, 6) is 0. The number of nitrogens with zero attached hydrogens (tertiary/aromatic N) is 1. The summed E-state index contributed by atoms with van der Waals surface area (Å²) in [5, 5.41) is 8.07. The lowest BCUT2D eigenvalue weighted by Gasteiger charge is -2.11. The van der Waals surface area contributed by atoms with Crippen molar-refractivity contribution in [1.29, 1.82) is 0 Å². The molecule has 3 aromatic carbocycles. The normalized spacial score (nSPS) is 12.2. The van der Waals surface area contributed by atoms with E-state index in [4.69, 9.17) is 0 Å². The zero-order chi connectivity index (χ0) is 21.5. The van der Waals surface area contributed by atoms with Crippen molar-refractivity contribution in [3.05, 3.63) is 72.3 Å². The Morgan fingerprint density at radius 1 is 0.867 bits per heavy atom. The lowest BCUT2D eigenvalue weighted by molar-refractivity contribution is 0.588. The molecule has 1 heterocycles. The Balaban J connectivity index is 1.78. The van der Waals surface area contributed by atoms with E-state index in [1.54, 1.807) is 18.2 Å². The molecule has 0 saturated heterocycles. The van der Waals surface area contributed by atoms with Crippen LogP contribution in [-0.2, 0) is 19.9 Å². The van der Waals surface area contributed by atoms with Crippen LogP contribution in [-0.4, -0.2) is 33.3 Å². The number of H-pyrrole nitrogens is 1. The number of benzene rings is 3. The van der Waals surface area contributed by atoms with Gasteiger partial charge in [0.15, 0.2) is 9.84 Å². The SMILES string of the molecule is Cc1cccc(-c2n[nH]c3ccc(NS(=O)(=O)c4ccccc4S(C)(=O)=O)cc23)c1. The Kier molecular flexibility index (Phi) is 4.87. The molecule has 0 atom stereocenters. The van der Waals surface area contributed by atoms with Crippen LogP contribution in [0.1, 0.15) is 5.56 Å². The molecule has 7 nitrogen and oxygen atoms in total. The smallest absolute Gasteiger partial charge is 0.263 e. The van der Waals surface area contributed by atoms with Crippen LogP contribution >= 0.6 is 0 Å². The van der Waals surface area contributed by atoms with Gasteiger partial charge in [-0.2, -0.15) is 5.10 Å². The number of nitrogens with one attached hydrogen (secondary N) is 2. The fourth-order valence-electron chi connectivity index (χ4n) is 3.28. The summed E-state index contributed by atoms with van der Waals surface area (Å²) in [7, 11) is -7.84. The van der Waals surface area contributed by atoms with Crippen LogP contribution in [0.3, 0.4) is 0 Å². The van der Waals surface area contributed by atoms with Crippen LogP contribution in [0.2, 0.25) is 0 Å². The molecule has 1 aromatic heterocycles. The maximum absolute atomic E-state index is 12.9. The van der Waals surface area contributed by atoms with Gasteiger partial charge in [-0.1, -0.05) is 35.9 Å². The van der Waals surface area contributed by atoms with Gasteiger partial charge in [-0.25, -0.2) is 16.8 Å². The molecule has 0 saturated carbocycles. The highest BCUT2D eigenvalue weighted by Crippen LogP contribution is 2.30. The van der Waals surface area contributed by atoms with E-state index in [1.165, 1.54) is 24.3 Å². The van der Waals surface area contributed by atoms with Crippen LogP contribution < -0.4 is 4.72 Å². The number of anilines is 1. The van der Waals surface area contributed by atoms with Gasteiger partial charge in [0.05, 0.1) is 16.1 Å². The highest BCUT2D eigenvalue weighted by molar-refractivity contribution is 7.95. The second-order valence-corrected chi connectivity index (χ2v) is 10.7. The molecule has 0 fully saturated rings. The number of hydrogen-bond donors (Lipinski definition) is 2. The molecule has 0 aliphatic heterocycles. The monoisotopic (exact) mass is 441 g/mol. The van der Waals surface area contributed by atoms with E-state index in [0.717, 1.165) is 28.3 Å². The molecule has 154 valence electrons. The number of sulfone groups is 1. The number of aromatic amines is 1. The minimum atomic E-state index is -4.12. The summed E-state index contributed by atoms with van der Waals surface area (Å²) >= 11 is 0. The summed E-state index contributed by atoms with van der Waals surface area (Å²) in [4.78, 5) is -0.541. The molecule has 0 spiro atoms. The minimum absolute atomic E-state index is 0.248. The summed E-state index contributed by atoms with van der Waals surface area (Å²) in [5.41, 5.74) is 3.75. The van der Waals surface area contributed by atoms with Gasteiger partial charge < -0.3 is 0 Å². The second-order valence-electron chi connectivity index (χ2n) is 7.03. The molecule has 0 aliphatic carbocycles. The number of rotatable bonds is 5. The van der Waals surface area contributed by atoms with Gasteiger partial charge in [0.1, 0.15) is 4.90 Å². The summed E-state index contributed by atoms with van der Waals surface area (Å²) < 4.78 is 52.4. The van der Waals surface area contributed by atoms with Crippen molar-refractivity contribution >= 4 is 36.5 Å². The molecule has 4 rings (SSSR count). The Bertz CT molecular complexity index is 1470. The number of hydrogen-bond acceptors (Lipinski definition) is 5. The van der Waals surface area contributed by atoms with Crippen molar-refractivity contribution in [3.8, 4) is 11.3 Å². The summed E-state index contributed by atoms with van der Waals surface area (Å²) in [6.45, 7) is 1.98. The van der Waals surface area contributed by atoms with E-state index < -0.39 is 19.9 Å². The fraction of sp³-hybridized carbons (Fsp3) is 0.0952. The molecule has 30 heavy (non-hydrogen) atoms. The average Bonchev–Trinajstić information content (AvgIpc) is 3.10. The van der Waals surface area contributed by atoms with Crippen LogP contribution in [0.5, 0.6) is 0 Å². The maximum atomic E-state index is 12.9. The highest BCUT2D eigenvalue weighted by Gasteiger charge is 2.24. The predicted octanol–water partition coefficient (Wildman–Crippen LogP) is 3.74. The Morgan fingerprint density at radius 2 is 1.60 bits per heavy atom. The first-order valence-corrected chi connectivity index (χ1v) is 12.4. The minimum Gasteiger partial charge on any atom is -0.280 e. The van der Waals surface area contributed by atoms with Gasteiger partial charge >= 0.3 is 0 Å². The topological polar surface area (TPSA) is 109 Å². The fourth-order valence-corrected chi connectivity index (χ4v) is 5.96. The Labute approximate surface area is 174 Å². The maximum Gasteiger partial charge on any atom is 0.263 e. The second kappa shape index (κ2) is 7.26. The standard InChI is InChI=1S/C21H19N3O4S2/c1-14-6-5-7-15(12-14)21-17-13-16(10-11-18(17)22-23-21)24-30(27,28)20-9-4-3-8-19(20)29(2,25)26/h3-13,24H,1-2H3,(H,22,23). The van der Waals surface area contributed by atoms with Crippen molar-refractivity contribution in [2.45, 2.75) is 16.7 Å². The highest BCUT2D eigenvalue weighted by atomic mass is 32.2. The third-order valence-electron chi connectivity index (χ3n) is 4.64. The van der Waals surface area contributed by atoms with Crippen molar-refractivity contribution in [2.24, 2.45) is 0 Å². The van der Waals surface area contributed by atoms with Gasteiger partial charge in [-0.15, -0.1) is 0 Å².